The van der Waals surface area contributed by atoms with Gasteiger partial charge in [-0.25, -0.2) is 0 Å². The largest absolute Gasteiger partial charge is 0.506 e. The summed E-state index contributed by atoms with van der Waals surface area (Å²) in [5.41, 5.74) is 1.98. The Kier molecular flexibility index (Phi) is 8.71. The first kappa shape index (κ1) is 24.0. The summed E-state index contributed by atoms with van der Waals surface area (Å²) >= 11 is 0. The van der Waals surface area contributed by atoms with E-state index in [4.69, 9.17) is 9.47 Å². The van der Waals surface area contributed by atoms with Gasteiger partial charge in [-0.2, -0.15) is 0 Å². The number of methoxy groups -OCH3 is 1. The van der Waals surface area contributed by atoms with Crippen LogP contribution >= 0.6 is 0 Å². The van der Waals surface area contributed by atoms with E-state index in [-0.39, 0.29) is 17.1 Å². The fourth-order valence-electron chi connectivity index (χ4n) is 2.79. The first-order chi connectivity index (χ1) is 13.7. The minimum Gasteiger partial charge on any atom is -0.506 e. The topological polar surface area (TPSA) is 55.8 Å². The average Bonchev–Trinajstić information content (AvgIpc) is 2.68. The number of ketones is 1. The monoisotopic (exact) mass is 396 g/mol. The number of allylic oxidation sites excluding steroid dienone is 5. The van der Waals surface area contributed by atoms with Crippen LogP contribution in [0.15, 0.2) is 71.7 Å². The maximum Gasteiger partial charge on any atom is 0.189 e. The van der Waals surface area contributed by atoms with Crippen LogP contribution in [-0.2, 0) is 9.53 Å². The summed E-state index contributed by atoms with van der Waals surface area (Å²) in [4.78, 5) is 12.6. The van der Waals surface area contributed by atoms with Gasteiger partial charge in [0.15, 0.2) is 5.78 Å². The zero-order valence-corrected chi connectivity index (χ0v) is 18.5. The molecule has 1 aromatic rings. The molecule has 4 heteroatoms. The van der Waals surface area contributed by atoms with Crippen molar-refractivity contribution in [2.75, 3.05) is 7.11 Å². The van der Waals surface area contributed by atoms with Gasteiger partial charge in [0.2, 0.25) is 0 Å². The second-order valence-corrected chi connectivity index (χ2v) is 6.90. The Bertz CT molecular complexity index is 880. The molecule has 0 unspecified atom stereocenters. The molecule has 1 N–H and O–H groups in total. The second kappa shape index (κ2) is 10.5. The smallest absolute Gasteiger partial charge is 0.189 e. The van der Waals surface area contributed by atoms with Crippen molar-refractivity contribution in [3.8, 4) is 5.75 Å². The number of rotatable bonds is 6. The Morgan fingerprint density at radius 1 is 1.24 bits per heavy atom. The fourth-order valence-corrected chi connectivity index (χ4v) is 2.79. The molecule has 4 nitrogen and oxygen atoms in total. The minimum atomic E-state index is -0.448. The van der Waals surface area contributed by atoms with Crippen LogP contribution in [0.25, 0.3) is 6.08 Å². The lowest BCUT2D eigenvalue weighted by Gasteiger charge is -2.28. The van der Waals surface area contributed by atoms with Crippen LogP contribution in [0.1, 0.15) is 45.7 Å². The summed E-state index contributed by atoms with van der Waals surface area (Å²) < 4.78 is 11.1. The molecule has 2 rings (SSSR count). The molecule has 0 amide bonds. The maximum atomic E-state index is 12.6. The molecule has 0 fully saturated rings. The molecule has 1 heterocycles. The third kappa shape index (κ3) is 6.24. The predicted octanol–water partition coefficient (Wildman–Crippen LogP) is 6.25. The molecule has 1 aromatic carbocycles. The third-order valence-electron chi connectivity index (χ3n) is 4.29. The Labute approximate surface area is 174 Å². The molecule has 156 valence electrons. The first-order valence-corrected chi connectivity index (χ1v) is 9.70. The maximum absolute atomic E-state index is 12.6. The van der Waals surface area contributed by atoms with Crippen LogP contribution in [0.5, 0.6) is 5.75 Å². The number of hydrogen-bond donors (Lipinski definition) is 1. The standard InChI is InChI=1S/C23H26O4.C2H6/c1-7-18(22(25)19-12-13-23(4,5)27-16(19)3)20(24)11-10-17-9-8-15(2)21(14-17)26-6;1-2/h7-14,25H,1H2,2-6H3;1-2H3/b11-10+,22-18-;. The Hall–Kier alpha value is -3.01. The van der Waals surface area contributed by atoms with E-state index in [0.29, 0.717) is 11.3 Å². The molecule has 29 heavy (non-hydrogen) atoms. The van der Waals surface area contributed by atoms with Gasteiger partial charge >= 0.3 is 0 Å². The highest BCUT2D eigenvalue weighted by atomic mass is 16.5. The van der Waals surface area contributed by atoms with Crippen molar-refractivity contribution in [1.82, 2.24) is 0 Å². The second-order valence-electron chi connectivity index (χ2n) is 6.90. The molecule has 0 saturated heterocycles. The van der Waals surface area contributed by atoms with Gasteiger partial charge < -0.3 is 14.6 Å². The molecule has 0 radical (unpaired) electrons. The number of ether oxygens (including phenoxy) is 2. The van der Waals surface area contributed by atoms with E-state index in [2.05, 4.69) is 6.58 Å². The summed E-state index contributed by atoms with van der Waals surface area (Å²) in [6.07, 6.45) is 8.04. The zero-order chi connectivity index (χ0) is 22.2. The summed E-state index contributed by atoms with van der Waals surface area (Å²) in [5, 5.41) is 10.6. The van der Waals surface area contributed by atoms with Gasteiger partial charge in [-0.15, -0.1) is 0 Å². The van der Waals surface area contributed by atoms with E-state index < -0.39 is 5.60 Å². The molecule has 1 aliphatic heterocycles. The van der Waals surface area contributed by atoms with E-state index in [1.807, 2.05) is 58.9 Å². The average molecular weight is 397 g/mol. The normalized spacial score (nSPS) is 15.8. The van der Waals surface area contributed by atoms with Crippen molar-refractivity contribution in [2.45, 2.75) is 47.1 Å². The van der Waals surface area contributed by atoms with Gasteiger partial charge in [0.1, 0.15) is 22.9 Å². The highest BCUT2D eigenvalue weighted by molar-refractivity contribution is 6.09. The summed E-state index contributed by atoms with van der Waals surface area (Å²) in [5.74, 6) is 0.810. The summed E-state index contributed by atoms with van der Waals surface area (Å²) in [6.45, 7) is 15.2. The Balaban J connectivity index is 0.00000204. The molecule has 0 aromatic heterocycles. The highest BCUT2D eigenvalue weighted by Crippen LogP contribution is 2.29. The zero-order valence-electron chi connectivity index (χ0n) is 18.5. The molecule has 1 aliphatic rings. The summed E-state index contributed by atoms with van der Waals surface area (Å²) in [6, 6.07) is 5.67. The lowest BCUT2D eigenvalue weighted by atomic mass is 9.98. The van der Waals surface area contributed by atoms with Crippen molar-refractivity contribution in [1.29, 1.82) is 0 Å². The molecular weight excluding hydrogens is 364 g/mol. The number of aliphatic hydroxyl groups excluding tert-OH is 1. The van der Waals surface area contributed by atoms with E-state index in [1.165, 1.54) is 12.2 Å². The molecular formula is C25H32O4. The van der Waals surface area contributed by atoms with Gasteiger partial charge in [0, 0.05) is 0 Å². The van der Waals surface area contributed by atoms with Crippen LogP contribution in [0.2, 0.25) is 0 Å². The highest BCUT2D eigenvalue weighted by Gasteiger charge is 2.24. The van der Waals surface area contributed by atoms with Crippen molar-refractivity contribution < 1.29 is 19.4 Å². The minimum absolute atomic E-state index is 0.118. The van der Waals surface area contributed by atoms with Crippen LogP contribution < -0.4 is 4.74 Å². The molecule has 0 spiro atoms. The Morgan fingerprint density at radius 2 is 1.90 bits per heavy atom. The quantitative estimate of drug-likeness (QED) is 0.351. The number of benzene rings is 1. The summed E-state index contributed by atoms with van der Waals surface area (Å²) in [7, 11) is 1.61. The van der Waals surface area contributed by atoms with E-state index in [1.54, 1.807) is 26.2 Å². The van der Waals surface area contributed by atoms with Gasteiger partial charge in [-0.3, -0.25) is 4.79 Å². The van der Waals surface area contributed by atoms with Crippen molar-refractivity contribution in [3.05, 3.63) is 82.9 Å². The van der Waals surface area contributed by atoms with Crippen molar-refractivity contribution in [3.63, 3.8) is 0 Å². The molecule has 0 aliphatic carbocycles. The number of carbonyl (C=O) groups excluding carboxylic acids is 1. The van der Waals surface area contributed by atoms with Crippen LogP contribution in [0.3, 0.4) is 0 Å². The Morgan fingerprint density at radius 3 is 2.45 bits per heavy atom. The van der Waals surface area contributed by atoms with Gasteiger partial charge in [0.25, 0.3) is 0 Å². The van der Waals surface area contributed by atoms with E-state index in [0.717, 1.165) is 16.9 Å². The van der Waals surface area contributed by atoms with Crippen LogP contribution in [-0.4, -0.2) is 23.6 Å². The van der Waals surface area contributed by atoms with E-state index >= 15 is 0 Å². The predicted molar refractivity (Wildman–Crippen MR) is 120 cm³/mol. The molecule has 0 saturated carbocycles. The van der Waals surface area contributed by atoms with Gasteiger partial charge in [-0.1, -0.05) is 44.7 Å². The first-order valence-electron chi connectivity index (χ1n) is 9.70. The van der Waals surface area contributed by atoms with Gasteiger partial charge in [-0.05, 0) is 63.1 Å². The lowest BCUT2D eigenvalue weighted by molar-refractivity contribution is -0.111. The number of aliphatic hydroxyl groups is 1. The third-order valence-corrected chi connectivity index (χ3v) is 4.29. The molecule has 0 bridgehead atoms. The van der Waals surface area contributed by atoms with Crippen molar-refractivity contribution >= 4 is 11.9 Å². The van der Waals surface area contributed by atoms with Crippen LogP contribution in [0.4, 0.5) is 0 Å². The van der Waals surface area contributed by atoms with E-state index in [9.17, 15) is 9.90 Å². The SMILES string of the molecule is C=C/C(C(=O)/C=C/c1ccc(C)c(OC)c1)=C(/O)C1=C(C)OC(C)(C)C=C1.CC. The lowest BCUT2D eigenvalue weighted by Crippen LogP contribution is -2.24. The number of hydrogen-bond acceptors (Lipinski definition) is 4. The number of aryl methyl sites for hydroxylation is 1. The van der Waals surface area contributed by atoms with Gasteiger partial charge in [0.05, 0.1) is 18.3 Å². The van der Waals surface area contributed by atoms with Crippen LogP contribution in [0, 0.1) is 6.92 Å². The molecule has 0 atom stereocenters. The number of carbonyl (C=O) groups is 1. The van der Waals surface area contributed by atoms with Crippen molar-refractivity contribution in [2.24, 2.45) is 0 Å². The fraction of sp³-hybridized carbons (Fsp3) is 0.320.